The van der Waals surface area contributed by atoms with Crippen molar-refractivity contribution in [3.63, 3.8) is 0 Å². The molecule has 0 saturated carbocycles. The van der Waals surface area contributed by atoms with Crippen LogP contribution in [0.2, 0.25) is 5.02 Å². The molecule has 1 saturated heterocycles. The van der Waals surface area contributed by atoms with Crippen molar-refractivity contribution < 1.29 is 20.4 Å². The topological polar surface area (TPSA) is 67.0 Å². The van der Waals surface area contributed by atoms with Crippen LogP contribution in [-0.4, -0.2) is 73.5 Å². The highest BCUT2D eigenvalue weighted by molar-refractivity contribution is 6.31. The molecule has 36 heavy (non-hydrogen) atoms. The summed E-state index contributed by atoms with van der Waals surface area (Å²) in [5.74, 6) is 0.840. The number of ether oxygens (including phenoxy) is 3. The Morgan fingerprint density at radius 1 is 1.14 bits per heavy atom. The minimum atomic E-state index is -0.301. The van der Waals surface area contributed by atoms with Crippen LogP contribution < -0.4 is 4.74 Å². The maximum absolute atomic E-state index is 12.9. The van der Waals surface area contributed by atoms with Gasteiger partial charge >= 0.3 is 6.09 Å². The number of hydrogen-bond acceptors (Lipinski definition) is 5. The van der Waals surface area contributed by atoms with Gasteiger partial charge in [0.1, 0.15) is 11.8 Å². The molecule has 8 heteroatoms. The average molecular weight is 514 g/mol. The third-order valence-electron chi connectivity index (χ3n) is 7.03. The number of carbonyl (C=O) groups excluding carboxylic acids is 1. The number of rotatable bonds is 8. The lowest BCUT2D eigenvalue weighted by molar-refractivity contribution is 0.0368. The molecule has 0 bridgehead atoms. The van der Waals surface area contributed by atoms with Crippen LogP contribution in [0.3, 0.4) is 0 Å². The van der Waals surface area contributed by atoms with E-state index in [9.17, 15) is 4.79 Å². The number of amides is 1. The molecule has 7 nitrogen and oxygen atoms in total. The van der Waals surface area contributed by atoms with Crippen molar-refractivity contribution in [1.82, 2.24) is 14.8 Å². The lowest BCUT2D eigenvalue weighted by Crippen LogP contribution is -2.40. The Morgan fingerprint density at radius 2 is 1.94 bits per heavy atom. The van der Waals surface area contributed by atoms with Crippen molar-refractivity contribution in [2.45, 2.75) is 32.2 Å². The molecule has 3 aromatic rings. The second kappa shape index (κ2) is 11.5. The fourth-order valence-corrected chi connectivity index (χ4v) is 5.38. The van der Waals surface area contributed by atoms with Crippen LogP contribution in [0.15, 0.2) is 42.5 Å². The van der Waals surface area contributed by atoms with Gasteiger partial charge in [0.05, 0.1) is 26.4 Å². The Kier molecular flexibility index (Phi) is 7.99. The number of carbonyl (C=O) groups is 1. The van der Waals surface area contributed by atoms with Crippen LogP contribution in [0.25, 0.3) is 10.9 Å². The monoisotopic (exact) mass is 513 g/mol. The third kappa shape index (κ3) is 5.48. The first kappa shape index (κ1) is 24.9. The van der Waals surface area contributed by atoms with Crippen LogP contribution in [-0.2, 0) is 15.9 Å². The Balaban J connectivity index is 0.00000320. The minimum Gasteiger partial charge on any atom is -0.494 e. The SMILES string of the molecule is CCOC(=O)N1CCc2c([nH]c3ccc(Cl)cc23)C1c1ccc(OCCCCN2CCOCC2)cc1.[HH]. The summed E-state index contributed by atoms with van der Waals surface area (Å²) < 4.78 is 16.8. The van der Waals surface area contributed by atoms with Crippen LogP contribution in [0.1, 0.15) is 44.1 Å². The first-order valence-electron chi connectivity index (χ1n) is 12.9. The fourth-order valence-electron chi connectivity index (χ4n) is 5.21. The maximum Gasteiger partial charge on any atom is 0.410 e. The van der Waals surface area contributed by atoms with Crippen molar-refractivity contribution in [2.24, 2.45) is 0 Å². The molecule has 1 amide bonds. The second-order valence-corrected chi connectivity index (χ2v) is 9.77. The quantitative estimate of drug-likeness (QED) is 0.393. The van der Waals surface area contributed by atoms with Crippen molar-refractivity contribution in [3.8, 4) is 5.75 Å². The van der Waals surface area contributed by atoms with E-state index in [2.05, 4.69) is 9.88 Å². The summed E-state index contributed by atoms with van der Waals surface area (Å²) in [6.07, 6.45) is 2.57. The van der Waals surface area contributed by atoms with E-state index in [4.69, 9.17) is 25.8 Å². The summed E-state index contributed by atoms with van der Waals surface area (Å²) in [7, 11) is 0. The number of benzene rings is 2. The number of nitrogens with one attached hydrogen (secondary N) is 1. The van der Waals surface area contributed by atoms with E-state index in [0.29, 0.717) is 24.8 Å². The van der Waals surface area contributed by atoms with Gasteiger partial charge in [-0.3, -0.25) is 9.80 Å². The van der Waals surface area contributed by atoms with E-state index in [1.807, 2.05) is 54.3 Å². The molecule has 194 valence electrons. The van der Waals surface area contributed by atoms with Gasteiger partial charge in [0.25, 0.3) is 0 Å². The van der Waals surface area contributed by atoms with E-state index in [1.54, 1.807) is 0 Å². The Morgan fingerprint density at radius 3 is 2.72 bits per heavy atom. The summed E-state index contributed by atoms with van der Waals surface area (Å²) in [5.41, 5.74) is 4.26. The summed E-state index contributed by atoms with van der Waals surface area (Å²) in [4.78, 5) is 20.7. The molecule has 1 unspecified atom stereocenters. The number of halogens is 1. The average Bonchev–Trinajstić information content (AvgIpc) is 3.27. The summed E-state index contributed by atoms with van der Waals surface area (Å²) in [5, 5.41) is 1.82. The normalized spacial score (nSPS) is 18.3. The zero-order valence-corrected chi connectivity index (χ0v) is 21.6. The molecule has 1 fully saturated rings. The molecule has 1 aromatic heterocycles. The van der Waals surface area contributed by atoms with Crippen LogP contribution >= 0.6 is 11.6 Å². The predicted octanol–water partition coefficient (Wildman–Crippen LogP) is 5.66. The van der Waals surface area contributed by atoms with Gasteiger partial charge in [-0.15, -0.1) is 0 Å². The first-order chi connectivity index (χ1) is 17.6. The van der Waals surface area contributed by atoms with Crippen LogP contribution in [0, 0.1) is 0 Å². The number of morpholine rings is 1. The van der Waals surface area contributed by atoms with Gasteiger partial charge in [0, 0.05) is 42.7 Å². The molecular weight excluding hydrogens is 478 g/mol. The number of hydrogen-bond donors (Lipinski definition) is 1. The van der Waals surface area contributed by atoms with Gasteiger partial charge in [-0.1, -0.05) is 23.7 Å². The Hall–Kier alpha value is -2.74. The first-order valence-corrected chi connectivity index (χ1v) is 13.3. The Bertz CT molecular complexity index is 1180. The number of unbranched alkanes of at least 4 members (excludes halogenated alkanes) is 1. The van der Waals surface area contributed by atoms with Crippen molar-refractivity contribution >= 4 is 28.6 Å². The molecule has 0 aliphatic carbocycles. The van der Waals surface area contributed by atoms with E-state index in [-0.39, 0.29) is 13.6 Å². The molecule has 2 aromatic carbocycles. The lowest BCUT2D eigenvalue weighted by atomic mass is 9.92. The number of nitrogens with zero attached hydrogens (tertiary/aromatic N) is 2. The van der Waals surface area contributed by atoms with E-state index < -0.39 is 0 Å². The van der Waals surface area contributed by atoms with Gasteiger partial charge in [0.2, 0.25) is 0 Å². The van der Waals surface area contributed by atoms with Gasteiger partial charge in [0.15, 0.2) is 0 Å². The van der Waals surface area contributed by atoms with Gasteiger partial charge in [-0.05, 0) is 74.2 Å². The zero-order valence-electron chi connectivity index (χ0n) is 20.8. The summed E-state index contributed by atoms with van der Waals surface area (Å²) in [6.45, 7) is 8.27. The lowest BCUT2D eigenvalue weighted by Gasteiger charge is -2.35. The van der Waals surface area contributed by atoms with Crippen LogP contribution in [0.5, 0.6) is 5.75 Å². The van der Waals surface area contributed by atoms with E-state index in [0.717, 1.165) is 80.0 Å². The van der Waals surface area contributed by atoms with Crippen molar-refractivity contribution in [1.29, 1.82) is 0 Å². The molecule has 1 atom stereocenters. The number of H-pyrrole nitrogens is 1. The number of aromatic amines is 1. The molecule has 2 aliphatic rings. The summed E-state index contributed by atoms with van der Waals surface area (Å²) >= 11 is 6.29. The van der Waals surface area contributed by atoms with E-state index in [1.165, 1.54) is 5.56 Å². The molecule has 3 heterocycles. The van der Waals surface area contributed by atoms with Gasteiger partial charge in [-0.2, -0.15) is 0 Å². The molecule has 2 aliphatic heterocycles. The third-order valence-corrected chi connectivity index (χ3v) is 7.26. The Labute approximate surface area is 218 Å². The predicted molar refractivity (Wildman–Crippen MR) is 143 cm³/mol. The van der Waals surface area contributed by atoms with E-state index >= 15 is 0 Å². The largest absolute Gasteiger partial charge is 0.494 e. The maximum atomic E-state index is 12.9. The molecule has 0 spiro atoms. The smallest absolute Gasteiger partial charge is 0.410 e. The van der Waals surface area contributed by atoms with Gasteiger partial charge < -0.3 is 19.2 Å². The van der Waals surface area contributed by atoms with Crippen molar-refractivity contribution in [2.75, 3.05) is 52.6 Å². The number of fused-ring (bicyclic) bond motifs is 3. The zero-order chi connectivity index (χ0) is 24.9. The van der Waals surface area contributed by atoms with Crippen molar-refractivity contribution in [3.05, 3.63) is 64.3 Å². The standard InChI is InChI=1S/C28H34ClN3O4.H2/c1-2-35-28(33)32-13-11-23-24-19-21(29)7-10-25(24)30-26(23)27(32)20-5-8-22(9-6-20)36-16-4-3-12-31-14-17-34-18-15-31;/h5-10,19,27,30H,2-4,11-18H2,1H3;1H. The van der Waals surface area contributed by atoms with Gasteiger partial charge in [-0.25, -0.2) is 4.79 Å². The second-order valence-electron chi connectivity index (χ2n) is 9.33. The highest BCUT2D eigenvalue weighted by Gasteiger charge is 2.35. The number of aromatic nitrogens is 1. The molecular formula is C28H36ClN3O4. The molecule has 1 N–H and O–H groups in total. The molecule has 0 radical (unpaired) electrons. The highest BCUT2D eigenvalue weighted by atomic mass is 35.5. The molecule has 5 rings (SSSR count). The van der Waals surface area contributed by atoms with Crippen LogP contribution in [0.4, 0.5) is 4.79 Å². The summed E-state index contributed by atoms with van der Waals surface area (Å²) in [6, 6.07) is 13.7. The highest BCUT2D eigenvalue weighted by Crippen LogP contribution is 2.39. The minimum absolute atomic E-state index is 0. The fraction of sp³-hybridized carbons (Fsp3) is 0.464.